The van der Waals surface area contributed by atoms with Crippen LogP contribution in [-0.2, 0) is 0 Å². The lowest BCUT2D eigenvalue weighted by molar-refractivity contribution is 0.425. The Hall–Kier alpha value is -3.28. The van der Waals surface area contributed by atoms with Crippen LogP contribution in [0.3, 0.4) is 0 Å². The highest BCUT2D eigenvalue weighted by Gasteiger charge is 2.19. The molecule has 0 radical (unpaired) electrons. The Morgan fingerprint density at radius 3 is 2.61 bits per heavy atom. The number of aromatic nitrogens is 2. The van der Waals surface area contributed by atoms with Crippen molar-refractivity contribution in [3.05, 3.63) is 56.8 Å². The third kappa shape index (κ3) is 3.33. The van der Waals surface area contributed by atoms with Gasteiger partial charge in [0, 0.05) is 6.21 Å². The molecular weight excluding hydrogens is 403 g/mol. The SMILES string of the molecule is N#CN1CC=NN(c2cc(Cl)c(Oc3n[nH]c(=O)c4ccccc34)c(Cl)c2)C1. The summed E-state index contributed by atoms with van der Waals surface area (Å²) < 4.78 is 5.83. The van der Waals surface area contributed by atoms with Gasteiger partial charge in [0.25, 0.3) is 5.56 Å². The fourth-order valence-electron chi connectivity index (χ4n) is 2.77. The number of hydrogen-bond acceptors (Lipinski definition) is 7. The fourth-order valence-corrected chi connectivity index (χ4v) is 3.32. The van der Waals surface area contributed by atoms with Gasteiger partial charge in [-0.1, -0.05) is 35.3 Å². The predicted molar refractivity (Wildman–Crippen MR) is 107 cm³/mol. The van der Waals surface area contributed by atoms with Gasteiger partial charge in [0.2, 0.25) is 5.88 Å². The number of ether oxygens (including phenoxy) is 1. The third-order valence-electron chi connectivity index (χ3n) is 4.11. The topological polar surface area (TPSA) is 97.6 Å². The highest BCUT2D eigenvalue weighted by Crippen LogP contribution is 2.40. The molecule has 1 aliphatic heterocycles. The minimum atomic E-state index is -0.319. The van der Waals surface area contributed by atoms with Crippen LogP contribution in [0.4, 0.5) is 5.69 Å². The monoisotopic (exact) mass is 414 g/mol. The van der Waals surface area contributed by atoms with Gasteiger partial charge in [-0.05, 0) is 24.3 Å². The minimum absolute atomic E-state index is 0.179. The second-order valence-electron chi connectivity index (χ2n) is 5.91. The van der Waals surface area contributed by atoms with Crippen molar-refractivity contribution in [2.45, 2.75) is 0 Å². The van der Waals surface area contributed by atoms with Crippen molar-refractivity contribution in [3.8, 4) is 17.8 Å². The van der Waals surface area contributed by atoms with Crippen LogP contribution in [-0.4, -0.2) is 34.5 Å². The molecule has 0 atom stereocenters. The van der Waals surface area contributed by atoms with Gasteiger partial charge in [-0.2, -0.15) is 10.4 Å². The standard InChI is InChI=1S/C18H12Cl2N6O2/c19-14-7-11(26-10-25(9-21)6-5-22-26)8-15(20)16(14)28-18-13-4-2-1-3-12(13)17(27)23-24-18/h1-5,7-8H,6,10H2,(H,23,27). The number of hydrazone groups is 1. The van der Waals surface area contributed by atoms with Crippen molar-refractivity contribution in [2.24, 2.45) is 5.10 Å². The van der Waals surface area contributed by atoms with Crippen LogP contribution >= 0.6 is 23.2 Å². The second-order valence-corrected chi connectivity index (χ2v) is 6.72. The molecule has 2 heterocycles. The number of hydrogen-bond donors (Lipinski definition) is 1. The Balaban J connectivity index is 1.70. The molecule has 2 aromatic carbocycles. The first-order valence-electron chi connectivity index (χ1n) is 8.16. The Morgan fingerprint density at radius 1 is 1.18 bits per heavy atom. The predicted octanol–water partition coefficient (Wildman–Crippen LogP) is 3.57. The highest BCUT2D eigenvalue weighted by atomic mass is 35.5. The van der Waals surface area contributed by atoms with Crippen LogP contribution in [0.25, 0.3) is 10.8 Å². The van der Waals surface area contributed by atoms with E-state index < -0.39 is 0 Å². The molecular formula is C18H12Cl2N6O2. The molecule has 0 saturated carbocycles. The number of nitrogens with one attached hydrogen (secondary N) is 1. The molecule has 28 heavy (non-hydrogen) atoms. The van der Waals surface area contributed by atoms with E-state index in [0.29, 0.717) is 23.0 Å². The number of anilines is 1. The van der Waals surface area contributed by atoms with Crippen LogP contribution in [0.5, 0.6) is 11.6 Å². The Labute approximate surface area is 169 Å². The maximum absolute atomic E-state index is 11.9. The van der Waals surface area contributed by atoms with Crippen LogP contribution in [0.1, 0.15) is 0 Å². The largest absolute Gasteiger partial charge is 0.434 e. The quantitative estimate of drug-likeness (QED) is 0.657. The van der Waals surface area contributed by atoms with E-state index in [9.17, 15) is 4.79 Å². The van der Waals surface area contributed by atoms with Crippen LogP contribution in [0.15, 0.2) is 46.3 Å². The molecule has 0 fully saturated rings. The number of nitrogens with zero attached hydrogens (tertiary/aromatic N) is 5. The molecule has 140 valence electrons. The molecule has 8 nitrogen and oxygen atoms in total. The van der Waals surface area contributed by atoms with E-state index in [1.54, 1.807) is 47.6 Å². The van der Waals surface area contributed by atoms with Gasteiger partial charge in [0.1, 0.15) is 6.67 Å². The summed E-state index contributed by atoms with van der Waals surface area (Å²) in [6.07, 6.45) is 3.69. The summed E-state index contributed by atoms with van der Waals surface area (Å²) in [5.41, 5.74) is 0.290. The third-order valence-corrected chi connectivity index (χ3v) is 4.67. The van der Waals surface area contributed by atoms with Crippen molar-refractivity contribution in [3.63, 3.8) is 0 Å². The maximum Gasteiger partial charge on any atom is 0.272 e. The molecule has 1 aliphatic rings. The van der Waals surface area contributed by atoms with Crippen LogP contribution in [0.2, 0.25) is 10.0 Å². The van der Waals surface area contributed by atoms with E-state index in [4.69, 9.17) is 33.2 Å². The van der Waals surface area contributed by atoms with Gasteiger partial charge in [-0.3, -0.25) is 9.69 Å². The van der Waals surface area contributed by atoms with Crippen LogP contribution in [0, 0.1) is 11.5 Å². The number of H-pyrrole nitrogens is 1. The molecule has 0 saturated heterocycles. The zero-order valence-electron chi connectivity index (χ0n) is 14.3. The van der Waals surface area contributed by atoms with Crippen molar-refractivity contribution >= 4 is 45.9 Å². The van der Waals surface area contributed by atoms with Crippen LogP contribution < -0.4 is 15.3 Å². The Bertz CT molecular complexity index is 1160. The number of fused-ring (bicyclic) bond motifs is 1. The number of rotatable bonds is 3. The summed E-state index contributed by atoms with van der Waals surface area (Å²) >= 11 is 12.8. The number of benzene rings is 2. The molecule has 1 N–H and O–H groups in total. The van der Waals surface area contributed by atoms with E-state index >= 15 is 0 Å². The summed E-state index contributed by atoms with van der Waals surface area (Å²) in [6.45, 7) is 0.729. The normalized spacial score (nSPS) is 13.6. The molecule has 0 spiro atoms. The summed E-state index contributed by atoms with van der Waals surface area (Å²) in [4.78, 5) is 13.4. The van der Waals surface area contributed by atoms with Crippen molar-refractivity contribution < 1.29 is 4.74 Å². The highest BCUT2D eigenvalue weighted by molar-refractivity contribution is 6.37. The average Bonchev–Trinajstić information content (AvgIpc) is 2.72. The summed E-state index contributed by atoms with van der Waals surface area (Å²) in [5, 5.41) is 22.7. The fraction of sp³-hybridized carbons (Fsp3) is 0.111. The van der Waals surface area contributed by atoms with E-state index in [0.717, 1.165) is 0 Å². The molecule has 0 amide bonds. The number of nitriles is 1. The minimum Gasteiger partial charge on any atom is -0.434 e. The van der Waals surface area contributed by atoms with Crippen molar-refractivity contribution in [2.75, 3.05) is 18.2 Å². The maximum atomic E-state index is 11.9. The summed E-state index contributed by atoms with van der Waals surface area (Å²) in [6, 6.07) is 10.2. The van der Waals surface area contributed by atoms with Gasteiger partial charge >= 0.3 is 0 Å². The molecule has 0 bridgehead atoms. The first kappa shape index (κ1) is 18.1. The van der Waals surface area contributed by atoms with Gasteiger partial charge in [0.15, 0.2) is 11.9 Å². The van der Waals surface area contributed by atoms with Crippen molar-refractivity contribution in [1.29, 1.82) is 5.26 Å². The molecule has 10 heteroatoms. The number of halogens is 2. The molecule has 1 aromatic heterocycles. The summed E-state index contributed by atoms with van der Waals surface area (Å²) in [7, 11) is 0. The molecule has 3 aromatic rings. The van der Waals surface area contributed by atoms with E-state index in [-0.39, 0.29) is 33.9 Å². The first-order chi connectivity index (χ1) is 13.6. The van der Waals surface area contributed by atoms with Gasteiger partial charge in [-0.25, -0.2) is 10.1 Å². The lowest BCUT2D eigenvalue weighted by atomic mass is 10.2. The molecule has 0 aliphatic carbocycles. The van der Waals surface area contributed by atoms with E-state index in [1.807, 2.05) is 0 Å². The lowest BCUT2D eigenvalue weighted by Gasteiger charge is -2.28. The van der Waals surface area contributed by atoms with Gasteiger partial charge in [0.05, 0.1) is 33.0 Å². The van der Waals surface area contributed by atoms with E-state index in [2.05, 4.69) is 21.5 Å². The zero-order chi connectivity index (χ0) is 19.7. The first-order valence-corrected chi connectivity index (χ1v) is 8.91. The smallest absolute Gasteiger partial charge is 0.272 e. The number of aromatic amines is 1. The Kier molecular flexibility index (Phi) is 4.77. The Morgan fingerprint density at radius 2 is 1.89 bits per heavy atom. The van der Waals surface area contributed by atoms with Gasteiger partial charge in [-0.15, -0.1) is 5.10 Å². The van der Waals surface area contributed by atoms with Crippen molar-refractivity contribution in [1.82, 2.24) is 15.1 Å². The van der Waals surface area contributed by atoms with Gasteiger partial charge < -0.3 is 4.74 Å². The molecule has 0 unspecified atom stereocenters. The second kappa shape index (κ2) is 7.38. The summed E-state index contributed by atoms with van der Waals surface area (Å²) in [5.74, 6) is 0.383. The lowest BCUT2D eigenvalue weighted by Crippen LogP contribution is -2.37. The molecule has 4 rings (SSSR count). The van der Waals surface area contributed by atoms with E-state index in [1.165, 1.54) is 4.90 Å². The average molecular weight is 415 g/mol. The zero-order valence-corrected chi connectivity index (χ0v) is 15.8.